The summed E-state index contributed by atoms with van der Waals surface area (Å²) in [6, 6.07) is 0.388. The molecule has 0 bridgehead atoms. The molecule has 0 aliphatic rings. The van der Waals surface area contributed by atoms with Crippen LogP contribution in [0.15, 0.2) is 0 Å². The first-order chi connectivity index (χ1) is 6.31. The zero-order chi connectivity index (χ0) is 11.4. The summed E-state index contributed by atoms with van der Waals surface area (Å²) in [5.74, 6) is 0. The van der Waals surface area contributed by atoms with E-state index in [1.807, 2.05) is 0 Å². The molecule has 0 aromatic heterocycles. The molecule has 0 fully saturated rings. The van der Waals surface area contributed by atoms with E-state index in [0.717, 1.165) is 6.54 Å². The summed E-state index contributed by atoms with van der Waals surface area (Å²) in [4.78, 5) is 2.23. The Morgan fingerprint density at radius 3 is 2.14 bits per heavy atom. The molecule has 2 atom stereocenters. The van der Waals surface area contributed by atoms with Crippen LogP contribution in [0.25, 0.3) is 0 Å². The number of ether oxygens (including phenoxy) is 1. The Bertz CT molecular complexity index is 157. The van der Waals surface area contributed by atoms with Crippen molar-refractivity contribution in [1.82, 2.24) is 10.2 Å². The molecule has 86 valence electrons. The van der Waals surface area contributed by atoms with Crippen LogP contribution < -0.4 is 5.32 Å². The molecule has 1 N–H and O–H groups in total. The van der Waals surface area contributed by atoms with Gasteiger partial charge in [-0.3, -0.25) is 0 Å². The molecule has 0 heterocycles. The fourth-order valence-electron chi connectivity index (χ4n) is 0.939. The highest BCUT2D eigenvalue weighted by Gasteiger charge is 2.21. The van der Waals surface area contributed by atoms with Crippen LogP contribution >= 0.6 is 0 Å². The van der Waals surface area contributed by atoms with E-state index in [9.17, 15) is 0 Å². The second kappa shape index (κ2) is 5.69. The Hall–Kier alpha value is -0.120. The van der Waals surface area contributed by atoms with Gasteiger partial charge in [-0.1, -0.05) is 0 Å². The molecule has 14 heavy (non-hydrogen) atoms. The third-order valence-corrected chi connectivity index (χ3v) is 3.14. The van der Waals surface area contributed by atoms with Crippen molar-refractivity contribution in [3.05, 3.63) is 0 Å². The van der Waals surface area contributed by atoms with Gasteiger partial charge in [0.1, 0.15) is 0 Å². The van der Waals surface area contributed by atoms with E-state index < -0.39 is 0 Å². The van der Waals surface area contributed by atoms with Gasteiger partial charge in [0.05, 0.1) is 6.10 Å². The molecule has 2 unspecified atom stereocenters. The van der Waals surface area contributed by atoms with Gasteiger partial charge in [0.2, 0.25) is 0 Å². The lowest BCUT2D eigenvalue weighted by atomic mass is 10.0. The quantitative estimate of drug-likeness (QED) is 0.703. The van der Waals surface area contributed by atoms with E-state index in [-0.39, 0.29) is 11.6 Å². The molecular weight excluding hydrogens is 176 g/mol. The van der Waals surface area contributed by atoms with Gasteiger partial charge in [0.15, 0.2) is 0 Å². The van der Waals surface area contributed by atoms with Crippen molar-refractivity contribution in [1.29, 1.82) is 0 Å². The summed E-state index contributed by atoms with van der Waals surface area (Å²) in [5, 5.41) is 3.49. The molecule has 0 aliphatic carbocycles. The fourth-order valence-corrected chi connectivity index (χ4v) is 0.939. The standard InChI is InChI=1S/C11H26N2O/c1-9(10(2)14-7)12-8-11(3,4)13(5)6/h9-10,12H,8H2,1-7H3. The monoisotopic (exact) mass is 202 g/mol. The van der Waals surface area contributed by atoms with Crippen molar-refractivity contribution in [2.75, 3.05) is 27.7 Å². The van der Waals surface area contributed by atoms with E-state index in [2.05, 4.69) is 52.0 Å². The van der Waals surface area contributed by atoms with Crippen LogP contribution in [0.1, 0.15) is 27.7 Å². The van der Waals surface area contributed by atoms with Crippen molar-refractivity contribution < 1.29 is 4.74 Å². The predicted octanol–water partition coefficient (Wildman–Crippen LogP) is 1.34. The third-order valence-electron chi connectivity index (χ3n) is 3.14. The predicted molar refractivity (Wildman–Crippen MR) is 61.7 cm³/mol. The highest BCUT2D eigenvalue weighted by atomic mass is 16.5. The van der Waals surface area contributed by atoms with Crippen LogP contribution in [-0.2, 0) is 4.74 Å². The Morgan fingerprint density at radius 1 is 1.29 bits per heavy atom. The maximum absolute atomic E-state index is 5.26. The summed E-state index contributed by atoms with van der Waals surface area (Å²) >= 11 is 0. The Labute approximate surface area is 88.8 Å². The van der Waals surface area contributed by atoms with E-state index in [0.29, 0.717) is 6.04 Å². The molecule has 0 spiro atoms. The van der Waals surface area contributed by atoms with Gasteiger partial charge >= 0.3 is 0 Å². The minimum atomic E-state index is 0.182. The Kier molecular flexibility index (Phi) is 5.64. The maximum atomic E-state index is 5.26. The van der Waals surface area contributed by atoms with Crippen LogP contribution in [0.4, 0.5) is 0 Å². The van der Waals surface area contributed by atoms with E-state index >= 15 is 0 Å². The molecule has 0 radical (unpaired) electrons. The van der Waals surface area contributed by atoms with Crippen LogP contribution in [-0.4, -0.2) is 50.3 Å². The van der Waals surface area contributed by atoms with Gasteiger partial charge in [-0.25, -0.2) is 0 Å². The lowest BCUT2D eigenvalue weighted by molar-refractivity contribution is 0.0810. The first kappa shape index (κ1) is 13.9. The maximum Gasteiger partial charge on any atom is 0.0693 e. The van der Waals surface area contributed by atoms with Crippen LogP contribution in [0.3, 0.4) is 0 Å². The van der Waals surface area contributed by atoms with Crippen molar-refractivity contribution in [3.8, 4) is 0 Å². The van der Waals surface area contributed by atoms with Crippen molar-refractivity contribution in [2.45, 2.75) is 45.4 Å². The largest absolute Gasteiger partial charge is 0.380 e. The Morgan fingerprint density at radius 2 is 1.79 bits per heavy atom. The summed E-state index contributed by atoms with van der Waals surface area (Å²) in [6.45, 7) is 9.66. The molecule has 3 nitrogen and oxygen atoms in total. The molecule has 0 saturated heterocycles. The molecule has 0 saturated carbocycles. The summed E-state index contributed by atoms with van der Waals surface area (Å²) in [7, 11) is 5.96. The summed E-state index contributed by atoms with van der Waals surface area (Å²) < 4.78 is 5.26. The lowest BCUT2D eigenvalue weighted by Crippen LogP contribution is -2.50. The molecule has 0 aromatic carbocycles. The SMILES string of the molecule is COC(C)C(C)NCC(C)(C)N(C)C. The molecule has 3 heteroatoms. The minimum absolute atomic E-state index is 0.182. The first-order valence-corrected chi connectivity index (χ1v) is 5.25. The normalized spacial score (nSPS) is 17.1. The van der Waals surface area contributed by atoms with Gasteiger partial charge in [-0.15, -0.1) is 0 Å². The van der Waals surface area contributed by atoms with Gasteiger partial charge in [-0.2, -0.15) is 0 Å². The highest BCUT2D eigenvalue weighted by Crippen LogP contribution is 2.09. The van der Waals surface area contributed by atoms with Crippen molar-refractivity contribution in [2.24, 2.45) is 0 Å². The summed E-state index contributed by atoms with van der Waals surface area (Å²) in [5.41, 5.74) is 0.182. The van der Waals surface area contributed by atoms with Crippen molar-refractivity contribution in [3.63, 3.8) is 0 Å². The number of rotatable bonds is 6. The minimum Gasteiger partial charge on any atom is -0.380 e. The number of hydrogen-bond acceptors (Lipinski definition) is 3. The third kappa shape index (κ3) is 4.40. The van der Waals surface area contributed by atoms with Gasteiger partial charge in [-0.05, 0) is 41.8 Å². The smallest absolute Gasteiger partial charge is 0.0693 e. The fraction of sp³-hybridized carbons (Fsp3) is 1.00. The van der Waals surface area contributed by atoms with Crippen molar-refractivity contribution >= 4 is 0 Å². The molecule has 0 rings (SSSR count). The number of likely N-dealkylation sites (N-methyl/N-ethyl adjacent to an activating group) is 1. The lowest BCUT2D eigenvalue weighted by Gasteiger charge is -2.34. The van der Waals surface area contributed by atoms with Crippen LogP contribution in [0.2, 0.25) is 0 Å². The number of nitrogens with one attached hydrogen (secondary N) is 1. The summed E-state index contributed by atoms with van der Waals surface area (Å²) in [6.07, 6.45) is 0.257. The second-order valence-corrected chi connectivity index (χ2v) is 4.82. The van der Waals surface area contributed by atoms with Gasteiger partial charge in [0, 0.05) is 25.2 Å². The molecule has 0 aromatic rings. The number of methoxy groups -OCH3 is 1. The van der Waals surface area contributed by atoms with E-state index in [1.165, 1.54) is 0 Å². The number of nitrogens with zero attached hydrogens (tertiary/aromatic N) is 1. The number of hydrogen-bond donors (Lipinski definition) is 1. The zero-order valence-electron chi connectivity index (χ0n) is 10.7. The Balaban J connectivity index is 3.93. The van der Waals surface area contributed by atoms with Crippen LogP contribution in [0, 0.1) is 0 Å². The van der Waals surface area contributed by atoms with E-state index in [4.69, 9.17) is 4.74 Å². The topological polar surface area (TPSA) is 24.5 Å². The molecular formula is C11H26N2O. The average Bonchev–Trinajstić information content (AvgIpc) is 2.12. The van der Waals surface area contributed by atoms with Crippen LogP contribution in [0.5, 0.6) is 0 Å². The highest BCUT2D eigenvalue weighted by molar-refractivity contribution is 4.82. The second-order valence-electron chi connectivity index (χ2n) is 4.82. The molecule has 0 aliphatic heterocycles. The van der Waals surface area contributed by atoms with Gasteiger partial charge < -0.3 is 15.0 Å². The first-order valence-electron chi connectivity index (χ1n) is 5.25. The van der Waals surface area contributed by atoms with E-state index in [1.54, 1.807) is 7.11 Å². The van der Waals surface area contributed by atoms with Gasteiger partial charge in [0.25, 0.3) is 0 Å². The average molecular weight is 202 g/mol. The molecule has 0 amide bonds. The zero-order valence-corrected chi connectivity index (χ0v) is 10.7.